The van der Waals surface area contributed by atoms with Crippen molar-refractivity contribution in [2.24, 2.45) is 0 Å². The van der Waals surface area contributed by atoms with Gasteiger partial charge in [-0.1, -0.05) is 15.9 Å². The maximum atomic E-state index is 11.9. The second kappa shape index (κ2) is 6.28. The van der Waals surface area contributed by atoms with Crippen molar-refractivity contribution >= 4 is 31.9 Å². The molecule has 8 heteroatoms. The van der Waals surface area contributed by atoms with E-state index in [1.165, 1.54) is 24.5 Å². The molecular weight excluding hydrogens is 324 g/mol. The maximum Gasteiger partial charge on any atom is 0.244 e. The topological polar surface area (TPSA) is 95.5 Å². The molecule has 1 unspecified atom stereocenters. The van der Waals surface area contributed by atoms with E-state index in [0.717, 1.165) is 4.47 Å². The molecule has 1 rings (SSSR count). The Morgan fingerprint density at radius 3 is 2.44 bits per heavy atom. The summed E-state index contributed by atoms with van der Waals surface area (Å²) in [5.41, 5.74) is 1.45. The molecule has 3 N–H and O–H groups in total. The smallest absolute Gasteiger partial charge is 0.244 e. The Kier molecular flexibility index (Phi) is 5.27. The van der Waals surface area contributed by atoms with Crippen molar-refractivity contribution in [3.05, 3.63) is 28.7 Å². The lowest BCUT2D eigenvalue weighted by Crippen LogP contribution is -2.36. The van der Waals surface area contributed by atoms with Gasteiger partial charge in [-0.05, 0) is 31.2 Å². The van der Waals surface area contributed by atoms with E-state index in [0.29, 0.717) is 0 Å². The summed E-state index contributed by atoms with van der Waals surface area (Å²) in [4.78, 5) is 11.0. The lowest BCUT2D eigenvalue weighted by Gasteiger charge is -2.13. The molecule has 1 aromatic carbocycles. The van der Waals surface area contributed by atoms with E-state index in [1.54, 1.807) is 12.1 Å². The molecule has 0 aliphatic carbocycles. The third-order valence-electron chi connectivity index (χ3n) is 2.10. The van der Waals surface area contributed by atoms with Crippen LogP contribution in [0.4, 0.5) is 0 Å². The molecule has 1 aromatic rings. The predicted octanol–water partition coefficient (Wildman–Crippen LogP) is 1.01. The van der Waals surface area contributed by atoms with Gasteiger partial charge < -0.3 is 0 Å². The molecule has 0 bridgehead atoms. The normalized spacial score (nSPS) is 13.1. The Labute approximate surface area is 114 Å². The summed E-state index contributed by atoms with van der Waals surface area (Å²) in [6.07, 6.45) is -0.147. The van der Waals surface area contributed by atoms with Gasteiger partial charge in [0.2, 0.25) is 15.9 Å². The first kappa shape index (κ1) is 15.1. The van der Waals surface area contributed by atoms with Crippen molar-refractivity contribution in [3.8, 4) is 0 Å². The fraction of sp³-hybridized carbons (Fsp3) is 0.300. The van der Waals surface area contributed by atoms with Crippen molar-refractivity contribution < 1.29 is 18.4 Å². The highest BCUT2D eigenvalue weighted by Crippen LogP contribution is 2.15. The van der Waals surface area contributed by atoms with E-state index >= 15 is 0 Å². The van der Waals surface area contributed by atoms with Gasteiger partial charge in [-0.2, -0.15) is 0 Å². The molecule has 1 amide bonds. The first-order valence-electron chi connectivity index (χ1n) is 5.06. The van der Waals surface area contributed by atoms with Crippen LogP contribution in [-0.4, -0.2) is 25.6 Å². The minimum Gasteiger partial charge on any atom is -0.289 e. The molecule has 0 aliphatic heterocycles. The van der Waals surface area contributed by atoms with Crippen molar-refractivity contribution in [2.75, 3.05) is 0 Å². The Morgan fingerprint density at radius 1 is 1.39 bits per heavy atom. The maximum absolute atomic E-state index is 11.9. The zero-order valence-electron chi connectivity index (χ0n) is 9.55. The van der Waals surface area contributed by atoms with E-state index in [1.807, 2.05) is 0 Å². The molecule has 0 aromatic heterocycles. The highest BCUT2D eigenvalue weighted by molar-refractivity contribution is 9.10. The van der Waals surface area contributed by atoms with Gasteiger partial charge in [0.05, 0.1) is 4.90 Å². The number of carbonyl (C=O) groups excluding carboxylic acids is 1. The van der Waals surface area contributed by atoms with E-state index in [2.05, 4.69) is 20.7 Å². The van der Waals surface area contributed by atoms with Gasteiger partial charge in [0.1, 0.15) is 0 Å². The SMILES string of the molecule is CC(CC(=O)NO)NS(=O)(=O)c1ccc(Br)cc1. The molecule has 0 radical (unpaired) electrons. The van der Waals surface area contributed by atoms with Gasteiger partial charge in [-0.25, -0.2) is 18.6 Å². The zero-order chi connectivity index (χ0) is 13.8. The van der Waals surface area contributed by atoms with Crippen LogP contribution in [0.3, 0.4) is 0 Å². The quantitative estimate of drug-likeness (QED) is 0.552. The number of benzene rings is 1. The monoisotopic (exact) mass is 336 g/mol. The Balaban J connectivity index is 2.76. The highest BCUT2D eigenvalue weighted by atomic mass is 79.9. The lowest BCUT2D eigenvalue weighted by molar-refractivity contribution is -0.129. The first-order valence-corrected chi connectivity index (χ1v) is 7.33. The van der Waals surface area contributed by atoms with Crippen molar-refractivity contribution in [1.29, 1.82) is 0 Å². The summed E-state index contributed by atoms with van der Waals surface area (Å²) in [5, 5.41) is 8.35. The van der Waals surface area contributed by atoms with Crippen LogP contribution >= 0.6 is 15.9 Å². The Hall–Kier alpha value is -0.960. The van der Waals surface area contributed by atoms with Crippen LogP contribution in [0.15, 0.2) is 33.6 Å². The largest absolute Gasteiger partial charge is 0.289 e. The van der Waals surface area contributed by atoms with Gasteiger partial charge >= 0.3 is 0 Å². The second-order valence-electron chi connectivity index (χ2n) is 3.72. The van der Waals surface area contributed by atoms with Crippen LogP contribution in [0, 0.1) is 0 Å². The van der Waals surface area contributed by atoms with Crippen molar-refractivity contribution in [3.63, 3.8) is 0 Å². The number of carbonyl (C=O) groups is 1. The van der Waals surface area contributed by atoms with Gasteiger partial charge in [0.15, 0.2) is 0 Å². The number of nitrogens with one attached hydrogen (secondary N) is 2. The molecule has 1 atom stereocenters. The predicted molar refractivity (Wildman–Crippen MR) is 68.5 cm³/mol. The molecule has 0 saturated heterocycles. The number of hydrogen-bond donors (Lipinski definition) is 3. The highest BCUT2D eigenvalue weighted by Gasteiger charge is 2.18. The lowest BCUT2D eigenvalue weighted by atomic mass is 10.2. The molecule has 18 heavy (non-hydrogen) atoms. The van der Waals surface area contributed by atoms with Gasteiger partial charge in [-0.15, -0.1) is 0 Å². The first-order chi connectivity index (χ1) is 8.35. The molecular formula is C10H13BrN2O4S. The van der Waals surface area contributed by atoms with Gasteiger partial charge in [0.25, 0.3) is 0 Å². The van der Waals surface area contributed by atoms with Crippen LogP contribution in [0.1, 0.15) is 13.3 Å². The van der Waals surface area contributed by atoms with Crippen molar-refractivity contribution in [2.45, 2.75) is 24.3 Å². The molecule has 0 aliphatic rings. The van der Waals surface area contributed by atoms with Crippen LogP contribution in [0.25, 0.3) is 0 Å². The number of hydroxylamine groups is 1. The van der Waals surface area contributed by atoms with E-state index in [9.17, 15) is 13.2 Å². The summed E-state index contributed by atoms with van der Waals surface area (Å²) in [6.45, 7) is 1.53. The second-order valence-corrected chi connectivity index (χ2v) is 6.35. The molecule has 100 valence electrons. The van der Waals surface area contributed by atoms with Crippen LogP contribution in [0.2, 0.25) is 0 Å². The number of sulfonamides is 1. The summed E-state index contributed by atoms with van der Waals surface area (Å²) in [6, 6.07) is 5.50. The van der Waals surface area contributed by atoms with Gasteiger partial charge in [0, 0.05) is 16.9 Å². The third-order valence-corrected chi connectivity index (χ3v) is 4.23. The van der Waals surface area contributed by atoms with Gasteiger partial charge in [-0.3, -0.25) is 10.0 Å². The number of amides is 1. The molecule has 0 saturated carbocycles. The third kappa shape index (κ3) is 4.37. The fourth-order valence-electron chi connectivity index (χ4n) is 1.31. The summed E-state index contributed by atoms with van der Waals surface area (Å²) in [7, 11) is -3.66. The number of hydrogen-bond acceptors (Lipinski definition) is 4. The Morgan fingerprint density at radius 2 is 1.94 bits per heavy atom. The van der Waals surface area contributed by atoms with E-state index in [4.69, 9.17) is 5.21 Å². The number of rotatable bonds is 5. The summed E-state index contributed by atoms with van der Waals surface area (Å²) in [5.74, 6) is -0.652. The minimum atomic E-state index is -3.66. The average molecular weight is 337 g/mol. The summed E-state index contributed by atoms with van der Waals surface area (Å²) < 4.78 is 26.9. The molecule has 6 nitrogen and oxygen atoms in total. The van der Waals surface area contributed by atoms with E-state index < -0.39 is 22.0 Å². The molecule has 0 spiro atoms. The zero-order valence-corrected chi connectivity index (χ0v) is 12.0. The molecule has 0 fully saturated rings. The Bertz CT molecular complexity index is 515. The molecule has 0 heterocycles. The fourth-order valence-corrected chi connectivity index (χ4v) is 2.82. The summed E-state index contributed by atoms with van der Waals surface area (Å²) >= 11 is 3.21. The van der Waals surface area contributed by atoms with Crippen LogP contribution in [0.5, 0.6) is 0 Å². The van der Waals surface area contributed by atoms with Crippen molar-refractivity contribution in [1.82, 2.24) is 10.2 Å². The standard InChI is InChI=1S/C10H13BrN2O4S/c1-7(6-10(14)12-15)13-18(16,17)9-4-2-8(11)3-5-9/h2-5,7,13,15H,6H2,1H3,(H,12,14). The van der Waals surface area contributed by atoms with E-state index in [-0.39, 0.29) is 11.3 Å². The average Bonchev–Trinajstić information content (AvgIpc) is 2.28. The number of halogens is 1. The minimum absolute atomic E-state index is 0.113. The van der Waals surface area contributed by atoms with Crippen LogP contribution < -0.4 is 10.2 Å². The van der Waals surface area contributed by atoms with Crippen LogP contribution in [-0.2, 0) is 14.8 Å².